The lowest BCUT2D eigenvalue weighted by Gasteiger charge is -2.11. The number of rotatable bonds is 6. The van der Waals surface area contributed by atoms with Crippen molar-refractivity contribution in [3.8, 4) is 11.5 Å². The van der Waals surface area contributed by atoms with E-state index in [0.717, 1.165) is 11.4 Å². The van der Waals surface area contributed by atoms with Crippen LogP contribution in [0.25, 0.3) is 0 Å². The fraction of sp³-hybridized carbons (Fsp3) is 0.118. The second-order valence-corrected chi connectivity index (χ2v) is 5.37. The Bertz CT molecular complexity index is 875. The van der Waals surface area contributed by atoms with Crippen molar-refractivity contribution in [3.05, 3.63) is 53.7 Å². The zero-order valence-corrected chi connectivity index (χ0v) is 14.4. The number of nitrogens with zero attached hydrogens (tertiary/aromatic N) is 3. The maximum absolute atomic E-state index is 6.14. The van der Waals surface area contributed by atoms with Crippen molar-refractivity contribution < 1.29 is 9.47 Å². The first kappa shape index (κ1) is 16.8. The number of halogens is 1. The van der Waals surface area contributed by atoms with E-state index in [2.05, 4.69) is 25.8 Å². The van der Waals surface area contributed by atoms with Crippen LogP contribution in [0.15, 0.2) is 48.7 Å². The highest BCUT2D eigenvalue weighted by Gasteiger charge is 2.07. The van der Waals surface area contributed by atoms with Gasteiger partial charge in [0, 0.05) is 11.8 Å². The van der Waals surface area contributed by atoms with Crippen LogP contribution in [0.3, 0.4) is 0 Å². The molecule has 0 fully saturated rings. The predicted molar refractivity (Wildman–Crippen MR) is 97.4 cm³/mol. The van der Waals surface area contributed by atoms with E-state index in [1.165, 1.54) is 6.20 Å². The fourth-order valence-corrected chi connectivity index (χ4v) is 2.34. The number of aromatic nitrogens is 3. The van der Waals surface area contributed by atoms with E-state index in [4.69, 9.17) is 21.1 Å². The molecule has 0 aliphatic carbocycles. The van der Waals surface area contributed by atoms with E-state index < -0.39 is 0 Å². The summed E-state index contributed by atoms with van der Waals surface area (Å²) in [5, 5.41) is 14.7. The van der Waals surface area contributed by atoms with Gasteiger partial charge in [-0.1, -0.05) is 23.7 Å². The zero-order valence-electron chi connectivity index (χ0n) is 13.7. The minimum absolute atomic E-state index is 0.337. The highest BCUT2D eigenvalue weighted by molar-refractivity contribution is 6.33. The number of nitrogens with one attached hydrogen (secondary N) is 2. The summed E-state index contributed by atoms with van der Waals surface area (Å²) in [6.07, 6.45) is 1.52. The summed E-state index contributed by atoms with van der Waals surface area (Å²) < 4.78 is 10.5. The number of hydrogen-bond donors (Lipinski definition) is 2. The second kappa shape index (κ2) is 7.67. The summed E-state index contributed by atoms with van der Waals surface area (Å²) in [4.78, 5) is 4.38. The third-order valence-electron chi connectivity index (χ3n) is 3.34. The second-order valence-electron chi connectivity index (χ2n) is 4.96. The van der Waals surface area contributed by atoms with Gasteiger partial charge in [0.2, 0.25) is 5.95 Å². The summed E-state index contributed by atoms with van der Waals surface area (Å²) in [6, 6.07) is 12.8. The molecule has 8 heteroatoms. The molecule has 2 aromatic carbocycles. The highest BCUT2D eigenvalue weighted by Crippen LogP contribution is 2.30. The molecule has 0 amide bonds. The Kier molecular flexibility index (Phi) is 5.15. The monoisotopic (exact) mass is 357 g/mol. The normalized spacial score (nSPS) is 10.2. The van der Waals surface area contributed by atoms with Gasteiger partial charge in [0.1, 0.15) is 0 Å². The summed E-state index contributed by atoms with van der Waals surface area (Å²) in [7, 11) is 3.16. The molecule has 128 valence electrons. The van der Waals surface area contributed by atoms with E-state index >= 15 is 0 Å². The number of ether oxygens (including phenoxy) is 2. The quantitative estimate of drug-likeness (QED) is 0.689. The van der Waals surface area contributed by atoms with E-state index in [0.29, 0.717) is 28.3 Å². The Morgan fingerprint density at radius 1 is 0.960 bits per heavy atom. The average Bonchev–Trinajstić information content (AvgIpc) is 2.64. The maximum atomic E-state index is 6.14. The Labute approximate surface area is 150 Å². The van der Waals surface area contributed by atoms with Gasteiger partial charge in [-0.3, -0.25) is 0 Å². The van der Waals surface area contributed by atoms with Crippen LogP contribution in [0.4, 0.5) is 23.1 Å². The molecule has 0 saturated heterocycles. The number of methoxy groups -OCH3 is 2. The van der Waals surface area contributed by atoms with Crippen LogP contribution in [0, 0.1) is 0 Å². The molecule has 0 atom stereocenters. The van der Waals surface area contributed by atoms with Gasteiger partial charge in [-0.25, -0.2) is 0 Å². The molecule has 0 unspecified atom stereocenters. The lowest BCUT2D eigenvalue weighted by atomic mass is 10.3. The molecule has 0 radical (unpaired) electrons. The fourth-order valence-electron chi connectivity index (χ4n) is 2.16. The van der Waals surface area contributed by atoms with Crippen molar-refractivity contribution in [1.82, 2.24) is 15.2 Å². The molecule has 25 heavy (non-hydrogen) atoms. The summed E-state index contributed by atoms with van der Waals surface area (Å²) in [5.74, 6) is 2.10. The standard InChI is InChI=1S/C17H16ClN5O2/c1-24-14-8-7-11(9-15(14)25-2)20-17-22-16(10-19-23-17)21-13-6-4-3-5-12(13)18/h3-10H,1-2H3,(H2,20,21,22,23). The number of anilines is 4. The molecular weight excluding hydrogens is 342 g/mol. The maximum Gasteiger partial charge on any atom is 0.249 e. The predicted octanol–water partition coefficient (Wildman–Crippen LogP) is 4.03. The highest BCUT2D eigenvalue weighted by atomic mass is 35.5. The van der Waals surface area contributed by atoms with E-state index in [1.54, 1.807) is 32.4 Å². The molecule has 0 spiro atoms. The molecule has 3 rings (SSSR count). The molecule has 0 saturated carbocycles. The molecular formula is C17H16ClN5O2. The van der Waals surface area contributed by atoms with Crippen LogP contribution >= 0.6 is 11.6 Å². The minimum Gasteiger partial charge on any atom is -0.493 e. The van der Waals surface area contributed by atoms with Gasteiger partial charge < -0.3 is 20.1 Å². The Morgan fingerprint density at radius 3 is 2.52 bits per heavy atom. The summed E-state index contributed by atoms with van der Waals surface area (Å²) in [5.41, 5.74) is 1.48. The third-order valence-corrected chi connectivity index (χ3v) is 3.66. The number of hydrogen-bond acceptors (Lipinski definition) is 7. The van der Waals surface area contributed by atoms with Gasteiger partial charge >= 0.3 is 0 Å². The van der Waals surface area contributed by atoms with Crippen LogP contribution in [0.2, 0.25) is 5.02 Å². The SMILES string of the molecule is COc1ccc(Nc2nncc(Nc3ccccc3Cl)n2)cc1OC. The van der Waals surface area contributed by atoms with Gasteiger partial charge in [0.05, 0.1) is 31.1 Å². The summed E-state index contributed by atoms with van der Waals surface area (Å²) >= 11 is 6.14. The largest absolute Gasteiger partial charge is 0.493 e. The molecule has 0 aliphatic heterocycles. The minimum atomic E-state index is 0.337. The molecule has 2 N–H and O–H groups in total. The number of benzene rings is 2. The first-order valence-electron chi connectivity index (χ1n) is 7.40. The van der Waals surface area contributed by atoms with Gasteiger partial charge in [-0.05, 0) is 24.3 Å². The first-order chi connectivity index (χ1) is 12.2. The lowest BCUT2D eigenvalue weighted by Crippen LogP contribution is -2.03. The van der Waals surface area contributed by atoms with E-state index in [1.807, 2.05) is 24.3 Å². The van der Waals surface area contributed by atoms with Gasteiger partial charge in [0.25, 0.3) is 0 Å². The van der Waals surface area contributed by atoms with Crippen molar-refractivity contribution >= 4 is 34.7 Å². The average molecular weight is 358 g/mol. The lowest BCUT2D eigenvalue weighted by molar-refractivity contribution is 0.355. The van der Waals surface area contributed by atoms with E-state index in [-0.39, 0.29) is 0 Å². The Balaban J connectivity index is 1.79. The zero-order chi connectivity index (χ0) is 17.6. The van der Waals surface area contributed by atoms with Gasteiger partial charge in [-0.2, -0.15) is 10.1 Å². The van der Waals surface area contributed by atoms with Crippen LogP contribution < -0.4 is 20.1 Å². The first-order valence-corrected chi connectivity index (χ1v) is 7.77. The third kappa shape index (κ3) is 4.07. The van der Waals surface area contributed by atoms with Gasteiger partial charge in [-0.15, -0.1) is 5.10 Å². The van der Waals surface area contributed by atoms with Crippen LogP contribution in [0.1, 0.15) is 0 Å². The van der Waals surface area contributed by atoms with Crippen molar-refractivity contribution in [3.63, 3.8) is 0 Å². The Morgan fingerprint density at radius 2 is 1.76 bits per heavy atom. The van der Waals surface area contributed by atoms with Crippen LogP contribution in [0.5, 0.6) is 11.5 Å². The molecule has 1 aromatic heterocycles. The molecule has 0 aliphatic rings. The number of para-hydroxylation sites is 1. The topological polar surface area (TPSA) is 81.2 Å². The van der Waals surface area contributed by atoms with Crippen molar-refractivity contribution in [2.24, 2.45) is 0 Å². The molecule has 1 heterocycles. The Hall–Kier alpha value is -3.06. The molecule has 7 nitrogen and oxygen atoms in total. The van der Waals surface area contributed by atoms with Gasteiger partial charge in [0.15, 0.2) is 17.3 Å². The van der Waals surface area contributed by atoms with Crippen LogP contribution in [-0.4, -0.2) is 29.4 Å². The smallest absolute Gasteiger partial charge is 0.249 e. The van der Waals surface area contributed by atoms with Crippen molar-refractivity contribution in [1.29, 1.82) is 0 Å². The van der Waals surface area contributed by atoms with Crippen LogP contribution in [-0.2, 0) is 0 Å². The molecule has 0 bridgehead atoms. The van der Waals surface area contributed by atoms with Crippen molar-refractivity contribution in [2.45, 2.75) is 0 Å². The van der Waals surface area contributed by atoms with E-state index in [9.17, 15) is 0 Å². The van der Waals surface area contributed by atoms with Crippen molar-refractivity contribution in [2.75, 3.05) is 24.9 Å². The summed E-state index contributed by atoms with van der Waals surface area (Å²) in [6.45, 7) is 0. The molecule has 3 aromatic rings.